The highest BCUT2D eigenvalue weighted by atomic mass is 32.2. The minimum absolute atomic E-state index is 0.130. The summed E-state index contributed by atoms with van der Waals surface area (Å²) < 4.78 is 10.5. The van der Waals surface area contributed by atoms with E-state index in [-0.39, 0.29) is 5.91 Å². The number of benzene rings is 1. The molecule has 1 saturated heterocycles. The van der Waals surface area contributed by atoms with Gasteiger partial charge in [-0.3, -0.25) is 9.69 Å². The lowest BCUT2D eigenvalue weighted by Gasteiger charge is -2.11. The van der Waals surface area contributed by atoms with Crippen LogP contribution in [0.25, 0.3) is 6.08 Å². The Morgan fingerprint density at radius 2 is 2.17 bits per heavy atom. The number of amidine groups is 1. The highest BCUT2D eigenvalue weighted by Gasteiger charge is 2.32. The lowest BCUT2D eigenvalue weighted by Crippen LogP contribution is -2.28. The quantitative estimate of drug-likeness (QED) is 0.666. The molecule has 0 atom stereocenters. The van der Waals surface area contributed by atoms with Gasteiger partial charge in [-0.1, -0.05) is 6.07 Å². The molecule has 1 aromatic carbocycles. The number of ether oxygens (including phenoxy) is 2. The minimum Gasteiger partial charge on any atom is -0.493 e. The lowest BCUT2D eigenvalue weighted by molar-refractivity contribution is -0.139. The Hall–Kier alpha value is -2.85. The number of carboxylic acids is 1. The van der Waals surface area contributed by atoms with Gasteiger partial charge in [0.1, 0.15) is 0 Å². The fourth-order valence-electron chi connectivity index (χ4n) is 2.53. The highest BCUT2D eigenvalue weighted by Crippen LogP contribution is 2.36. The summed E-state index contributed by atoms with van der Waals surface area (Å²) in [5.41, 5.74) is 1.61. The number of rotatable bonds is 7. The van der Waals surface area contributed by atoms with Crippen LogP contribution in [0.15, 0.2) is 33.5 Å². The zero-order valence-corrected chi connectivity index (χ0v) is 17.7. The summed E-state index contributed by atoms with van der Waals surface area (Å²) in [6.07, 6.45) is 1.74. The zero-order chi connectivity index (χ0) is 21.0. The molecule has 29 heavy (non-hydrogen) atoms. The molecule has 1 N–H and O–H groups in total. The summed E-state index contributed by atoms with van der Waals surface area (Å²) in [6, 6.07) is 5.03. The summed E-state index contributed by atoms with van der Waals surface area (Å²) in [6.45, 7) is 3.82. The maximum atomic E-state index is 12.8. The second-order valence-corrected chi connectivity index (χ2v) is 7.76. The van der Waals surface area contributed by atoms with E-state index in [0.29, 0.717) is 33.2 Å². The van der Waals surface area contributed by atoms with Crippen LogP contribution >= 0.6 is 23.1 Å². The van der Waals surface area contributed by atoms with Crippen LogP contribution in [-0.2, 0) is 9.59 Å². The number of hydrogen-bond acceptors (Lipinski definition) is 8. The summed E-state index contributed by atoms with van der Waals surface area (Å²) >= 11 is 2.71. The molecule has 0 saturated carbocycles. The van der Waals surface area contributed by atoms with Gasteiger partial charge in [-0.05, 0) is 49.4 Å². The number of hydrogen-bond donors (Lipinski definition) is 1. The molecule has 1 aliphatic heterocycles. The van der Waals surface area contributed by atoms with E-state index < -0.39 is 12.6 Å². The van der Waals surface area contributed by atoms with Gasteiger partial charge in [0.2, 0.25) is 5.13 Å². The Morgan fingerprint density at radius 1 is 1.38 bits per heavy atom. The van der Waals surface area contributed by atoms with E-state index in [1.165, 1.54) is 30.2 Å². The topological polar surface area (TPSA) is 101 Å². The normalized spacial score (nSPS) is 16.7. The van der Waals surface area contributed by atoms with Crippen LogP contribution in [0.3, 0.4) is 0 Å². The number of carboxylic acid groups (broad SMARTS) is 1. The van der Waals surface area contributed by atoms with Gasteiger partial charge in [-0.15, -0.1) is 11.3 Å². The Labute approximate surface area is 175 Å². The van der Waals surface area contributed by atoms with E-state index in [2.05, 4.69) is 9.98 Å². The maximum Gasteiger partial charge on any atom is 0.341 e. The van der Waals surface area contributed by atoms with Crippen LogP contribution < -0.4 is 9.47 Å². The van der Waals surface area contributed by atoms with Crippen molar-refractivity contribution in [2.24, 2.45) is 4.99 Å². The standard InChI is InChI=1S/C19H19N3O5S2/c1-4-22-17(25)15(29-19(22)21-18-20-11(2)10-28-18)8-12-5-6-13(14(7-12)26-3)27-9-16(23)24/h5-8,10H,4,9H2,1-3H3,(H,23,24)/b15-8+,21-19+. The van der Waals surface area contributed by atoms with Gasteiger partial charge in [-0.2, -0.15) is 4.99 Å². The second kappa shape index (κ2) is 9.10. The molecule has 152 valence electrons. The zero-order valence-electron chi connectivity index (χ0n) is 16.0. The number of likely N-dealkylation sites (N-methyl/N-ethyl adjacent to an activating group) is 1. The number of aliphatic imine (C=N–C) groups is 1. The van der Waals surface area contributed by atoms with Gasteiger partial charge in [0.05, 0.1) is 17.7 Å². The van der Waals surface area contributed by atoms with Gasteiger partial charge in [0.25, 0.3) is 5.91 Å². The number of aliphatic carboxylic acids is 1. The molecule has 2 aromatic rings. The number of carbonyl (C=O) groups excluding carboxylic acids is 1. The average Bonchev–Trinajstić information content (AvgIpc) is 3.23. The molecule has 1 aromatic heterocycles. The van der Waals surface area contributed by atoms with Gasteiger partial charge < -0.3 is 14.6 Å². The molecule has 0 aliphatic carbocycles. The third-order valence-electron chi connectivity index (χ3n) is 3.84. The smallest absolute Gasteiger partial charge is 0.341 e. The number of amides is 1. The molecule has 1 amide bonds. The van der Waals surface area contributed by atoms with E-state index in [1.807, 2.05) is 19.2 Å². The number of methoxy groups -OCH3 is 1. The number of thioether (sulfide) groups is 1. The third-order valence-corrected chi connectivity index (χ3v) is 5.70. The van der Waals surface area contributed by atoms with Gasteiger partial charge in [-0.25, -0.2) is 9.78 Å². The molecule has 0 spiro atoms. The van der Waals surface area contributed by atoms with E-state index >= 15 is 0 Å². The Kier molecular flexibility index (Phi) is 6.55. The van der Waals surface area contributed by atoms with Crippen molar-refractivity contribution in [2.45, 2.75) is 13.8 Å². The van der Waals surface area contributed by atoms with Crippen LogP contribution in [0, 0.1) is 6.92 Å². The van der Waals surface area contributed by atoms with Crippen molar-refractivity contribution in [1.29, 1.82) is 0 Å². The maximum absolute atomic E-state index is 12.8. The molecular weight excluding hydrogens is 414 g/mol. The first-order valence-corrected chi connectivity index (χ1v) is 10.4. The largest absolute Gasteiger partial charge is 0.493 e. The first kappa shape index (κ1) is 20.9. The van der Waals surface area contributed by atoms with E-state index in [0.717, 1.165) is 11.3 Å². The van der Waals surface area contributed by atoms with E-state index in [1.54, 1.807) is 29.2 Å². The van der Waals surface area contributed by atoms with Gasteiger partial charge in [0.15, 0.2) is 23.3 Å². The molecule has 1 aliphatic rings. The van der Waals surface area contributed by atoms with Crippen molar-refractivity contribution in [3.63, 3.8) is 0 Å². The summed E-state index contributed by atoms with van der Waals surface area (Å²) in [7, 11) is 1.47. The van der Waals surface area contributed by atoms with E-state index in [9.17, 15) is 9.59 Å². The predicted molar refractivity (Wildman–Crippen MR) is 113 cm³/mol. The Morgan fingerprint density at radius 3 is 2.79 bits per heavy atom. The molecular formula is C19H19N3O5S2. The molecule has 3 rings (SSSR count). The summed E-state index contributed by atoms with van der Waals surface area (Å²) in [5, 5.41) is 11.9. The molecule has 2 heterocycles. The number of thiazole rings is 1. The highest BCUT2D eigenvalue weighted by molar-refractivity contribution is 8.18. The van der Waals surface area contributed by atoms with Crippen molar-refractivity contribution in [3.8, 4) is 11.5 Å². The second-order valence-electron chi connectivity index (χ2n) is 5.92. The van der Waals surface area contributed by atoms with Crippen LogP contribution in [0.4, 0.5) is 5.13 Å². The van der Waals surface area contributed by atoms with Crippen LogP contribution in [0.1, 0.15) is 18.2 Å². The van der Waals surface area contributed by atoms with Gasteiger partial charge in [0, 0.05) is 11.9 Å². The molecule has 0 radical (unpaired) electrons. The van der Waals surface area contributed by atoms with E-state index in [4.69, 9.17) is 14.6 Å². The molecule has 8 nitrogen and oxygen atoms in total. The Balaban J connectivity index is 1.86. The fraction of sp³-hybridized carbons (Fsp3) is 0.263. The van der Waals surface area contributed by atoms with Crippen LogP contribution in [0.5, 0.6) is 11.5 Å². The molecule has 10 heteroatoms. The van der Waals surface area contributed by atoms with Crippen LogP contribution in [-0.4, -0.2) is 52.3 Å². The van der Waals surface area contributed by atoms with Crippen molar-refractivity contribution in [1.82, 2.24) is 9.88 Å². The number of nitrogens with zero attached hydrogens (tertiary/aromatic N) is 3. The third kappa shape index (κ3) is 4.96. The Bertz CT molecular complexity index is 999. The molecule has 0 bridgehead atoms. The lowest BCUT2D eigenvalue weighted by atomic mass is 10.2. The first-order chi connectivity index (χ1) is 13.9. The van der Waals surface area contributed by atoms with Crippen molar-refractivity contribution in [3.05, 3.63) is 39.7 Å². The number of aromatic nitrogens is 1. The molecule has 1 fully saturated rings. The average molecular weight is 434 g/mol. The SMILES string of the molecule is CCN1C(=O)/C(=C\c2ccc(OCC(=O)O)c(OC)c2)S/C1=N/c1nc(C)cs1. The predicted octanol–water partition coefficient (Wildman–Crippen LogP) is 3.55. The minimum atomic E-state index is -1.08. The van der Waals surface area contributed by atoms with Gasteiger partial charge >= 0.3 is 5.97 Å². The molecule has 0 unspecified atom stereocenters. The first-order valence-electron chi connectivity index (χ1n) is 8.66. The monoisotopic (exact) mass is 433 g/mol. The van der Waals surface area contributed by atoms with Crippen LogP contribution in [0.2, 0.25) is 0 Å². The summed E-state index contributed by atoms with van der Waals surface area (Å²) in [5.74, 6) is -0.502. The number of aryl methyl sites for hydroxylation is 1. The summed E-state index contributed by atoms with van der Waals surface area (Å²) in [4.78, 5) is 34.4. The fourth-order valence-corrected chi connectivity index (χ4v) is 4.29. The number of carbonyl (C=O) groups is 2. The van der Waals surface area contributed by atoms with Crippen molar-refractivity contribution < 1.29 is 24.2 Å². The van der Waals surface area contributed by atoms with Crippen molar-refractivity contribution >= 4 is 51.4 Å². The van der Waals surface area contributed by atoms with Crippen molar-refractivity contribution in [2.75, 3.05) is 20.3 Å².